The molecule has 3 aromatic rings. The molecule has 2 heterocycles. The lowest BCUT2D eigenvalue weighted by Crippen LogP contribution is -2.25. The number of halogens is 1. The van der Waals surface area contributed by atoms with Crippen molar-refractivity contribution in [2.45, 2.75) is 32.7 Å². The van der Waals surface area contributed by atoms with Crippen LogP contribution in [-0.2, 0) is 11.3 Å². The predicted octanol–water partition coefficient (Wildman–Crippen LogP) is 5.08. The second-order valence-corrected chi connectivity index (χ2v) is 8.31. The van der Waals surface area contributed by atoms with Crippen molar-refractivity contribution in [2.75, 3.05) is 11.4 Å². The lowest BCUT2D eigenvalue weighted by molar-refractivity contribution is -0.117. The molecule has 2 aromatic carbocycles. The molecule has 0 aliphatic carbocycles. The van der Waals surface area contributed by atoms with E-state index in [1.807, 2.05) is 35.2 Å². The van der Waals surface area contributed by atoms with Gasteiger partial charge in [-0.2, -0.15) is 0 Å². The zero-order valence-corrected chi connectivity index (χ0v) is 17.2. The minimum absolute atomic E-state index is 0.0664. The lowest BCUT2D eigenvalue weighted by atomic mass is 10.1. The van der Waals surface area contributed by atoms with Crippen molar-refractivity contribution in [2.24, 2.45) is 0 Å². The highest BCUT2D eigenvalue weighted by Crippen LogP contribution is 2.35. The van der Waals surface area contributed by atoms with Crippen LogP contribution in [0.1, 0.15) is 29.3 Å². The number of benzene rings is 2. The Labute approximate surface area is 167 Å². The highest BCUT2D eigenvalue weighted by Gasteiger charge is 2.35. The molecule has 1 fully saturated rings. The number of aromatic nitrogens is 2. The van der Waals surface area contributed by atoms with Gasteiger partial charge in [-0.1, -0.05) is 46.8 Å². The fraction of sp³-hybridized carbons (Fsp3) is 0.273. The van der Waals surface area contributed by atoms with Gasteiger partial charge in [0.1, 0.15) is 5.82 Å². The van der Waals surface area contributed by atoms with Crippen molar-refractivity contribution in [3.05, 3.63) is 70.5 Å². The Morgan fingerprint density at radius 2 is 2.00 bits per heavy atom. The molecule has 27 heavy (non-hydrogen) atoms. The van der Waals surface area contributed by atoms with E-state index in [-0.39, 0.29) is 11.8 Å². The zero-order valence-electron chi connectivity index (χ0n) is 15.6. The Morgan fingerprint density at radius 3 is 2.78 bits per heavy atom. The summed E-state index contributed by atoms with van der Waals surface area (Å²) in [6, 6.07) is 14.2. The van der Waals surface area contributed by atoms with Crippen molar-refractivity contribution in [3.8, 4) is 0 Å². The van der Waals surface area contributed by atoms with Crippen LogP contribution in [-0.4, -0.2) is 22.0 Å². The van der Waals surface area contributed by atoms with Crippen molar-refractivity contribution < 1.29 is 4.79 Å². The highest BCUT2D eigenvalue weighted by atomic mass is 79.9. The molecule has 1 unspecified atom stereocenters. The maximum absolute atomic E-state index is 12.8. The summed E-state index contributed by atoms with van der Waals surface area (Å²) >= 11 is 3.48. The number of fused-ring (bicyclic) bond motifs is 1. The molecule has 4 nitrogen and oxygen atoms in total. The van der Waals surface area contributed by atoms with Gasteiger partial charge >= 0.3 is 0 Å². The number of hydrogen-bond donors (Lipinski definition) is 0. The first-order chi connectivity index (χ1) is 13.0. The van der Waals surface area contributed by atoms with Gasteiger partial charge in [-0.25, -0.2) is 4.98 Å². The van der Waals surface area contributed by atoms with Gasteiger partial charge in [0.15, 0.2) is 0 Å². The van der Waals surface area contributed by atoms with E-state index >= 15 is 0 Å². The Morgan fingerprint density at radius 1 is 1.22 bits per heavy atom. The van der Waals surface area contributed by atoms with Crippen molar-refractivity contribution in [1.29, 1.82) is 0 Å². The van der Waals surface area contributed by atoms with Crippen LogP contribution >= 0.6 is 15.9 Å². The van der Waals surface area contributed by atoms with Gasteiger partial charge in [0.2, 0.25) is 5.91 Å². The number of allylic oxidation sites excluding steroid dienone is 1. The van der Waals surface area contributed by atoms with E-state index < -0.39 is 0 Å². The largest absolute Gasteiger partial charge is 0.323 e. The molecular weight excluding hydrogens is 402 g/mol. The molecule has 5 heteroatoms. The molecule has 1 aromatic heterocycles. The van der Waals surface area contributed by atoms with Gasteiger partial charge < -0.3 is 9.47 Å². The number of hydrogen-bond acceptors (Lipinski definition) is 2. The number of carbonyl (C=O) groups excluding carboxylic acids is 1. The second-order valence-electron chi connectivity index (χ2n) is 7.19. The second kappa shape index (κ2) is 6.97. The van der Waals surface area contributed by atoms with Crippen molar-refractivity contribution in [3.63, 3.8) is 0 Å². The Kier molecular flexibility index (Phi) is 4.64. The molecule has 1 aliphatic heterocycles. The monoisotopic (exact) mass is 423 g/mol. The molecule has 4 rings (SSSR count). The summed E-state index contributed by atoms with van der Waals surface area (Å²) in [6.45, 7) is 9.45. The maximum Gasteiger partial charge on any atom is 0.227 e. The summed E-state index contributed by atoms with van der Waals surface area (Å²) in [6.07, 6.45) is 0.478. The zero-order chi connectivity index (χ0) is 19.1. The molecule has 1 aliphatic rings. The number of amides is 1. The first kappa shape index (κ1) is 18.0. The molecule has 0 spiro atoms. The van der Waals surface area contributed by atoms with Crippen LogP contribution in [0.2, 0.25) is 0 Å². The lowest BCUT2D eigenvalue weighted by Gasteiger charge is -2.20. The van der Waals surface area contributed by atoms with E-state index in [0.29, 0.717) is 19.5 Å². The molecule has 1 amide bonds. The van der Waals surface area contributed by atoms with Crippen molar-refractivity contribution in [1.82, 2.24) is 9.55 Å². The van der Waals surface area contributed by atoms with E-state index in [9.17, 15) is 4.79 Å². The number of nitrogens with zero attached hydrogens (tertiary/aromatic N) is 3. The maximum atomic E-state index is 12.8. The van der Waals surface area contributed by atoms with Crippen LogP contribution in [0.15, 0.2) is 53.5 Å². The first-order valence-corrected chi connectivity index (χ1v) is 9.90. The molecule has 0 saturated carbocycles. The third kappa shape index (κ3) is 3.21. The molecule has 1 saturated heterocycles. The first-order valence-electron chi connectivity index (χ1n) is 9.10. The quantitative estimate of drug-likeness (QED) is 0.586. The molecule has 0 radical (unpaired) electrons. The average molecular weight is 424 g/mol. The van der Waals surface area contributed by atoms with Crippen LogP contribution in [0, 0.1) is 13.8 Å². The van der Waals surface area contributed by atoms with Crippen LogP contribution in [0.25, 0.3) is 11.0 Å². The number of anilines is 1. The Hall–Kier alpha value is -2.40. The van der Waals surface area contributed by atoms with Gasteiger partial charge in [0, 0.05) is 29.1 Å². The molecule has 138 valence electrons. The standard InChI is InChI=1S/C22H22BrN3O/c1-14-7-6-10-19(16(14)3)25-13-17(11-21(25)27)22-24-18-8-4-5-9-20(18)26(22)12-15(2)23/h4-10,17H,2,11-13H2,1,3H3. The summed E-state index contributed by atoms with van der Waals surface area (Å²) in [7, 11) is 0. The van der Waals surface area contributed by atoms with E-state index in [2.05, 4.69) is 53.1 Å². The summed E-state index contributed by atoms with van der Waals surface area (Å²) in [5.74, 6) is 1.18. The van der Waals surface area contributed by atoms with E-state index in [1.54, 1.807) is 0 Å². The summed E-state index contributed by atoms with van der Waals surface area (Å²) in [4.78, 5) is 19.6. The van der Waals surface area contributed by atoms with E-state index in [0.717, 1.165) is 32.6 Å². The fourth-order valence-corrected chi connectivity index (χ4v) is 4.14. The molecule has 1 atom stereocenters. The molecule has 0 N–H and O–H groups in total. The minimum atomic E-state index is 0.0664. The number of para-hydroxylation sites is 2. The Bertz CT molecular complexity index is 1050. The number of aryl methyl sites for hydroxylation is 1. The Balaban J connectivity index is 1.74. The van der Waals surface area contributed by atoms with Gasteiger partial charge in [0.25, 0.3) is 0 Å². The minimum Gasteiger partial charge on any atom is -0.323 e. The normalized spacial score (nSPS) is 17.1. The summed E-state index contributed by atoms with van der Waals surface area (Å²) in [5.41, 5.74) is 5.40. The average Bonchev–Trinajstić information content (AvgIpc) is 3.18. The summed E-state index contributed by atoms with van der Waals surface area (Å²) < 4.78 is 3.07. The van der Waals surface area contributed by atoms with Crippen LogP contribution in [0.5, 0.6) is 0 Å². The SMILES string of the molecule is C=C(Br)Cn1c(C2CC(=O)N(c3cccc(C)c3C)C2)nc2ccccc21. The molecular formula is C22H22BrN3O. The van der Waals surface area contributed by atoms with Gasteiger partial charge in [-0.3, -0.25) is 4.79 Å². The van der Waals surface area contributed by atoms with Crippen molar-refractivity contribution >= 4 is 38.6 Å². The van der Waals surface area contributed by atoms with Crippen LogP contribution < -0.4 is 4.90 Å². The van der Waals surface area contributed by atoms with Gasteiger partial charge in [-0.15, -0.1) is 0 Å². The highest BCUT2D eigenvalue weighted by molar-refractivity contribution is 9.11. The number of imidazole rings is 1. The third-order valence-electron chi connectivity index (χ3n) is 5.37. The van der Waals surface area contributed by atoms with Gasteiger partial charge in [0.05, 0.1) is 17.6 Å². The van der Waals surface area contributed by atoms with Gasteiger partial charge in [-0.05, 0) is 43.2 Å². The number of rotatable bonds is 4. The third-order valence-corrected chi connectivity index (χ3v) is 5.62. The van der Waals surface area contributed by atoms with E-state index in [4.69, 9.17) is 4.98 Å². The summed E-state index contributed by atoms with van der Waals surface area (Å²) in [5, 5.41) is 0. The van der Waals surface area contributed by atoms with E-state index in [1.165, 1.54) is 5.56 Å². The number of carbonyl (C=O) groups is 1. The van der Waals surface area contributed by atoms with Crippen LogP contribution in [0.3, 0.4) is 0 Å². The van der Waals surface area contributed by atoms with Crippen LogP contribution in [0.4, 0.5) is 5.69 Å². The topological polar surface area (TPSA) is 38.1 Å². The smallest absolute Gasteiger partial charge is 0.227 e. The molecule has 0 bridgehead atoms. The fourth-order valence-electron chi connectivity index (χ4n) is 3.88. The predicted molar refractivity (Wildman–Crippen MR) is 113 cm³/mol.